The van der Waals surface area contributed by atoms with Crippen LogP contribution in [0, 0.1) is 6.07 Å². The Morgan fingerprint density at radius 1 is 1.21 bits per heavy atom. The van der Waals surface area contributed by atoms with E-state index in [1.165, 1.54) is 0 Å². The number of ether oxygens (including phenoxy) is 1. The van der Waals surface area contributed by atoms with E-state index in [0.717, 1.165) is 5.56 Å². The van der Waals surface area contributed by atoms with E-state index in [0.29, 0.717) is 60.3 Å². The molecule has 1 aliphatic heterocycles. The molecular formula is C23H21N6O3Y-. The average molecular weight is 518 g/mol. The largest absolute Gasteiger partial charge is 0.394 e. The van der Waals surface area contributed by atoms with E-state index in [-0.39, 0.29) is 45.2 Å². The number of hydrogen-bond donors (Lipinski definition) is 2. The molecule has 10 heteroatoms. The summed E-state index contributed by atoms with van der Waals surface area (Å²) in [5.41, 5.74) is 3.98. The summed E-state index contributed by atoms with van der Waals surface area (Å²) >= 11 is 0. The summed E-state index contributed by atoms with van der Waals surface area (Å²) in [5, 5.41) is 17.6. The topological polar surface area (TPSA) is 105 Å². The van der Waals surface area contributed by atoms with Crippen molar-refractivity contribution in [1.29, 1.82) is 0 Å². The number of hydrogen-bond acceptors (Lipinski definition) is 7. The van der Waals surface area contributed by atoms with Crippen LogP contribution in [0.3, 0.4) is 0 Å². The number of aromatic nitrogens is 4. The molecule has 0 aliphatic carbocycles. The summed E-state index contributed by atoms with van der Waals surface area (Å²) in [6.45, 7) is 2.15. The number of morpholine rings is 1. The van der Waals surface area contributed by atoms with E-state index < -0.39 is 0 Å². The Hall–Kier alpha value is -2.72. The molecule has 1 amide bonds. The van der Waals surface area contributed by atoms with Crippen molar-refractivity contribution < 1.29 is 47.3 Å². The van der Waals surface area contributed by atoms with Crippen molar-refractivity contribution in [3.05, 3.63) is 72.2 Å². The molecule has 1 radical (unpaired) electrons. The van der Waals surface area contributed by atoms with Crippen LogP contribution in [0.25, 0.3) is 16.9 Å². The second-order valence-corrected chi connectivity index (χ2v) is 7.32. The number of carbonyl (C=O) groups excluding carboxylic acids is 1. The standard InChI is InChI=1S/C23H21N6O3.Y/c30-15-17-3-1-2-4-18(17)19-13-20(22-24-7-8-29(22)27-19)26-21-6-5-16(14-25-21)23(31)28-9-11-32-12-10-28;/h1-2,4-8,13-14,30H,9-12,15H2,(H,25,26);/q-1;. The zero-order valence-electron chi connectivity index (χ0n) is 17.8. The molecule has 4 heterocycles. The minimum Gasteiger partial charge on any atom is -0.394 e. The molecule has 0 bridgehead atoms. The van der Waals surface area contributed by atoms with Crippen LogP contribution < -0.4 is 5.32 Å². The molecule has 0 saturated carbocycles. The molecular weight excluding hydrogens is 497 g/mol. The van der Waals surface area contributed by atoms with Crippen molar-refractivity contribution in [2.75, 3.05) is 31.6 Å². The molecule has 33 heavy (non-hydrogen) atoms. The van der Waals surface area contributed by atoms with Gasteiger partial charge >= 0.3 is 0 Å². The number of imidazole rings is 1. The maximum absolute atomic E-state index is 12.6. The van der Waals surface area contributed by atoms with Gasteiger partial charge in [-0.25, -0.2) is 14.5 Å². The molecule has 1 aromatic carbocycles. The van der Waals surface area contributed by atoms with Gasteiger partial charge in [-0.15, -0.1) is 11.1 Å². The van der Waals surface area contributed by atoms with Crippen molar-refractivity contribution in [2.45, 2.75) is 6.61 Å². The normalized spacial score (nSPS) is 13.5. The Labute approximate surface area is 215 Å². The van der Waals surface area contributed by atoms with Crippen LogP contribution in [0.1, 0.15) is 15.9 Å². The quantitative estimate of drug-likeness (QED) is 0.391. The number of fused-ring (bicyclic) bond motifs is 1. The zero-order chi connectivity index (χ0) is 21.9. The third-order valence-corrected chi connectivity index (χ3v) is 5.31. The van der Waals surface area contributed by atoms with Crippen molar-refractivity contribution in [1.82, 2.24) is 24.5 Å². The number of anilines is 2. The number of carbonyl (C=O) groups is 1. The SMILES string of the molecule is O=C(c1ccc(Nc2cc(-c3ccc[c-]c3CO)nn3ccnc23)nc1)N1CCOCC1.[Y]. The average Bonchev–Trinajstić information content (AvgIpc) is 3.34. The van der Waals surface area contributed by atoms with Gasteiger partial charge in [0, 0.05) is 76.7 Å². The Morgan fingerprint density at radius 2 is 2.06 bits per heavy atom. The summed E-state index contributed by atoms with van der Waals surface area (Å²) in [5.74, 6) is 0.527. The first-order chi connectivity index (χ1) is 15.7. The molecule has 9 nitrogen and oxygen atoms in total. The van der Waals surface area contributed by atoms with Crippen LogP contribution in [0.4, 0.5) is 11.5 Å². The number of aliphatic hydroxyl groups is 1. The van der Waals surface area contributed by atoms with Gasteiger partial charge in [0.05, 0.1) is 24.5 Å². The Kier molecular flexibility index (Phi) is 7.44. The van der Waals surface area contributed by atoms with Crippen LogP contribution in [-0.2, 0) is 44.1 Å². The fraction of sp³-hybridized carbons (Fsp3) is 0.217. The van der Waals surface area contributed by atoms with E-state index >= 15 is 0 Å². The number of benzene rings is 1. The second kappa shape index (κ2) is 10.5. The summed E-state index contributed by atoms with van der Waals surface area (Å²) in [6, 6.07) is 13.9. The fourth-order valence-corrected chi connectivity index (χ4v) is 3.66. The monoisotopic (exact) mass is 518 g/mol. The molecule has 1 saturated heterocycles. The Bertz CT molecular complexity index is 1250. The van der Waals surface area contributed by atoms with Crippen LogP contribution in [0.2, 0.25) is 0 Å². The fourth-order valence-electron chi connectivity index (χ4n) is 3.66. The molecule has 165 valence electrons. The number of pyridine rings is 1. The zero-order valence-corrected chi connectivity index (χ0v) is 20.6. The van der Waals surface area contributed by atoms with Crippen LogP contribution >= 0.6 is 0 Å². The van der Waals surface area contributed by atoms with Crippen LogP contribution in [0.5, 0.6) is 0 Å². The van der Waals surface area contributed by atoms with Crippen molar-refractivity contribution in [2.24, 2.45) is 0 Å². The molecule has 1 aliphatic rings. The molecule has 5 rings (SSSR count). The molecule has 0 unspecified atom stereocenters. The third kappa shape index (κ3) is 4.96. The molecule has 1 fully saturated rings. The Morgan fingerprint density at radius 3 is 2.82 bits per heavy atom. The summed E-state index contributed by atoms with van der Waals surface area (Å²) in [6.07, 6.45) is 4.99. The predicted octanol–water partition coefficient (Wildman–Crippen LogP) is 2.30. The predicted molar refractivity (Wildman–Crippen MR) is 117 cm³/mol. The first-order valence-corrected chi connectivity index (χ1v) is 10.3. The van der Waals surface area contributed by atoms with Gasteiger partial charge in [-0.3, -0.25) is 4.79 Å². The summed E-state index contributed by atoms with van der Waals surface area (Å²) in [7, 11) is 0. The first-order valence-electron chi connectivity index (χ1n) is 10.3. The first kappa shape index (κ1) is 23.4. The van der Waals surface area contributed by atoms with E-state index in [1.54, 1.807) is 46.2 Å². The minimum atomic E-state index is -0.136. The number of nitrogens with one attached hydrogen (secondary N) is 1. The van der Waals surface area contributed by atoms with E-state index in [9.17, 15) is 9.90 Å². The van der Waals surface area contributed by atoms with Crippen molar-refractivity contribution in [3.63, 3.8) is 0 Å². The maximum Gasteiger partial charge on any atom is 0.255 e. The molecule has 0 atom stereocenters. The number of aliphatic hydroxyl groups excluding tert-OH is 1. The van der Waals surface area contributed by atoms with Gasteiger partial charge in [-0.05, 0) is 18.2 Å². The number of rotatable bonds is 5. The summed E-state index contributed by atoms with van der Waals surface area (Å²) < 4.78 is 6.98. The van der Waals surface area contributed by atoms with Gasteiger partial charge < -0.3 is 20.1 Å². The Balaban J connectivity index is 0.00000259. The minimum absolute atomic E-state index is 0. The van der Waals surface area contributed by atoms with Crippen LogP contribution in [-0.4, -0.2) is 61.8 Å². The second-order valence-electron chi connectivity index (χ2n) is 7.32. The molecule has 3 aromatic heterocycles. The number of nitrogens with zero attached hydrogens (tertiary/aromatic N) is 5. The van der Waals surface area contributed by atoms with Gasteiger partial charge in [-0.1, -0.05) is 0 Å². The molecule has 2 N–H and O–H groups in total. The summed E-state index contributed by atoms with van der Waals surface area (Å²) in [4.78, 5) is 23.2. The number of amides is 1. The van der Waals surface area contributed by atoms with Gasteiger partial charge in [-0.2, -0.15) is 29.4 Å². The van der Waals surface area contributed by atoms with Gasteiger partial charge in [0.2, 0.25) is 0 Å². The van der Waals surface area contributed by atoms with Crippen LogP contribution in [0.15, 0.2) is 55.0 Å². The van der Waals surface area contributed by atoms with E-state index in [4.69, 9.17) is 4.74 Å². The maximum atomic E-state index is 12.6. The molecule has 0 spiro atoms. The molecule has 4 aromatic rings. The van der Waals surface area contributed by atoms with Crippen molar-refractivity contribution in [3.8, 4) is 11.3 Å². The smallest absolute Gasteiger partial charge is 0.255 e. The van der Waals surface area contributed by atoms with Gasteiger partial charge in [0.25, 0.3) is 5.91 Å². The van der Waals surface area contributed by atoms with Gasteiger partial charge in [0.15, 0.2) is 5.65 Å². The van der Waals surface area contributed by atoms with E-state index in [1.807, 2.05) is 18.2 Å². The van der Waals surface area contributed by atoms with E-state index in [2.05, 4.69) is 26.4 Å². The third-order valence-electron chi connectivity index (χ3n) is 5.31. The van der Waals surface area contributed by atoms with Gasteiger partial charge in [0.1, 0.15) is 5.82 Å². The van der Waals surface area contributed by atoms with Crippen molar-refractivity contribution >= 4 is 23.1 Å².